The van der Waals surface area contributed by atoms with Crippen molar-refractivity contribution in [2.75, 3.05) is 32.1 Å². The molecule has 0 aromatic carbocycles. The minimum atomic E-state index is -0.769. The lowest BCUT2D eigenvalue weighted by atomic mass is 9.97. The predicted octanol–water partition coefficient (Wildman–Crippen LogP) is 1.08. The Morgan fingerprint density at radius 1 is 1.30 bits per heavy atom. The molecule has 2 rings (SSSR count). The van der Waals surface area contributed by atoms with Gasteiger partial charge in [-0.15, -0.1) is 0 Å². The molecule has 1 saturated heterocycles. The number of hydrogen-bond acceptors (Lipinski definition) is 4. The van der Waals surface area contributed by atoms with Crippen molar-refractivity contribution in [3.63, 3.8) is 0 Å². The molecule has 2 heterocycles. The fraction of sp³-hybridized carbons (Fsp3) is 0.500. The molecular formula is C14H19N3O3. The number of anilines is 1. The third kappa shape index (κ3) is 3.07. The van der Waals surface area contributed by atoms with Gasteiger partial charge in [-0.25, -0.2) is 4.98 Å². The zero-order chi connectivity index (χ0) is 14.7. The molecule has 1 fully saturated rings. The molecule has 20 heavy (non-hydrogen) atoms. The van der Waals surface area contributed by atoms with Crippen LogP contribution < -0.4 is 4.90 Å². The Balaban J connectivity index is 2.00. The molecule has 1 N–H and O–H groups in total. The first-order valence-corrected chi connectivity index (χ1v) is 6.64. The summed E-state index contributed by atoms with van der Waals surface area (Å²) in [6.07, 6.45) is 2.61. The van der Waals surface area contributed by atoms with E-state index in [1.807, 2.05) is 19.0 Å². The van der Waals surface area contributed by atoms with Crippen molar-refractivity contribution in [1.82, 2.24) is 9.88 Å². The molecule has 1 aromatic heterocycles. The molecule has 0 bridgehead atoms. The predicted molar refractivity (Wildman–Crippen MR) is 74.8 cm³/mol. The number of amides is 1. The topological polar surface area (TPSA) is 73.7 Å². The summed E-state index contributed by atoms with van der Waals surface area (Å²) in [7, 11) is 3.78. The Morgan fingerprint density at radius 2 is 1.95 bits per heavy atom. The highest BCUT2D eigenvalue weighted by atomic mass is 16.4. The summed E-state index contributed by atoms with van der Waals surface area (Å²) >= 11 is 0. The minimum absolute atomic E-state index is 0.0772. The number of hydrogen-bond donors (Lipinski definition) is 1. The molecule has 0 unspecified atom stereocenters. The molecule has 0 radical (unpaired) electrons. The number of aromatic nitrogens is 1. The normalized spacial score (nSPS) is 16.0. The zero-order valence-electron chi connectivity index (χ0n) is 11.7. The molecule has 0 atom stereocenters. The highest BCUT2D eigenvalue weighted by Crippen LogP contribution is 2.19. The first-order valence-electron chi connectivity index (χ1n) is 6.64. The number of aliphatic carboxylic acids is 1. The lowest BCUT2D eigenvalue weighted by Gasteiger charge is -2.30. The highest BCUT2D eigenvalue weighted by molar-refractivity contribution is 5.94. The largest absolute Gasteiger partial charge is 0.481 e. The minimum Gasteiger partial charge on any atom is -0.481 e. The van der Waals surface area contributed by atoms with Crippen LogP contribution in [0.15, 0.2) is 18.3 Å². The van der Waals surface area contributed by atoms with Crippen molar-refractivity contribution < 1.29 is 14.7 Å². The van der Waals surface area contributed by atoms with E-state index in [0.717, 1.165) is 5.82 Å². The second-order valence-electron chi connectivity index (χ2n) is 5.20. The van der Waals surface area contributed by atoms with Gasteiger partial charge in [0, 0.05) is 33.4 Å². The summed E-state index contributed by atoms with van der Waals surface area (Å²) in [6.45, 7) is 0.983. The Bertz CT molecular complexity index is 491. The Kier molecular flexibility index (Phi) is 4.22. The lowest BCUT2D eigenvalue weighted by molar-refractivity contribution is -0.143. The average molecular weight is 277 g/mol. The van der Waals surface area contributed by atoms with Gasteiger partial charge in [-0.3, -0.25) is 9.59 Å². The van der Waals surface area contributed by atoms with Crippen molar-refractivity contribution in [3.8, 4) is 0 Å². The van der Waals surface area contributed by atoms with E-state index >= 15 is 0 Å². The van der Waals surface area contributed by atoms with Crippen LogP contribution in [-0.2, 0) is 4.79 Å². The molecule has 1 aliphatic rings. The lowest BCUT2D eigenvalue weighted by Crippen LogP contribution is -2.40. The number of rotatable bonds is 3. The number of carbonyl (C=O) groups excluding carboxylic acids is 1. The van der Waals surface area contributed by atoms with Gasteiger partial charge in [-0.05, 0) is 25.0 Å². The third-order valence-electron chi connectivity index (χ3n) is 3.58. The van der Waals surface area contributed by atoms with Crippen molar-refractivity contribution in [3.05, 3.63) is 23.9 Å². The van der Waals surface area contributed by atoms with Gasteiger partial charge in [0.05, 0.1) is 11.5 Å². The fourth-order valence-electron chi connectivity index (χ4n) is 2.29. The zero-order valence-corrected chi connectivity index (χ0v) is 11.7. The maximum atomic E-state index is 12.3. The van der Waals surface area contributed by atoms with Gasteiger partial charge in [-0.1, -0.05) is 0 Å². The molecule has 108 valence electrons. The van der Waals surface area contributed by atoms with Gasteiger partial charge in [0.25, 0.3) is 5.91 Å². The number of carboxylic acids is 1. The summed E-state index contributed by atoms with van der Waals surface area (Å²) < 4.78 is 0. The van der Waals surface area contributed by atoms with Crippen LogP contribution in [0, 0.1) is 5.92 Å². The van der Waals surface area contributed by atoms with Crippen LogP contribution in [0.25, 0.3) is 0 Å². The van der Waals surface area contributed by atoms with Crippen LogP contribution in [0.3, 0.4) is 0 Å². The maximum absolute atomic E-state index is 12.3. The van der Waals surface area contributed by atoms with E-state index < -0.39 is 5.97 Å². The summed E-state index contributed by atoms with van der Waals surface area (Å²) in [4.78, 5) is 31.0. The Morgan fingerprint density at radius 3 is 2.40 bits per heavy atom. The fourth-order valence-corrected chi connectivity index (χ4v) is 2.29. The maximum Gasteiger partial charge on any atom is 0.306 e. The number of pyridine rings is 1. The first-order chi connectivity index (χ1) is 9.49. The van der Waals surface area contributed by atoms with E-state index in [1.165, 1.54) is 0 Å². The van der Waals surface area contributed by atoms with Crippen LogP contribution in [0.1, 0.15) is 23.2 Å². The monoisotopic (exact) mass is 277 g/mol. The number of nitrogens with zero attached hydrogens (tertiary/aromatic N) is 3. The first kappa shape index (κ1) is 14.3. The van der Waals surface area contributed by atoms with Crippen LogP contribution in [0.5, 0.6) is 0 Å². The van der Waals surface area contributed by atoms with E-state index in [2.05, 4.69) is 4.98 Å². The third-order valence-corrected chi connectivity index (χ3v) is 3.58. The molecule has 1 aromatic rings. The summed E-state index contributed by atoms with van der Waals surface area (Å²) in [5.41, 5.74) is 0.546. The van der Waals surface area contributed by atoms with Gasteiger partial charge in [0.2, 0.25) is 0 Å². The second kappa shape index (κ2) is 5.90. The summed E-state index contributed by atoms with van der Waals surface area (Å²) in [6, 6.07) is 3.56. The highest BCUT2D eigenvalue weighted by Gasteiger charge is 2.27. The number of carbonyl (C=O) groups is 2. The van der Waals surface area contributed by atoms with Gasteiger partial charge >= 0.3 is 5.97 Å². The van der Waals surface area contributed by atoms with Crippen LogP contribution in [0.4, 0.5) is 5.82 Å². The van der Waals surface area contributed by atoms with Crippen LogP contribution >= 0.6 is 0 Å². The average Bonchev–Trinajstić information content (AvgIpc) is 2.46. The van der Waals surface area contributed by atoms with Crippen molar-refractivity contribution in [1.29, 1.82) is 0 Å². The Labute approximate surface area is 118 Å². The quantitative estimate of drug-likeness (QED) is 0.895. The molecular weight excluding hydrogens is 258 g/mol. The molecule has 6 nitrogen and oxygen atoms in total. The van der Waals surface area contributed by atoms with Crippen molar-refractivity contribution >= 4 is 17.7 Å². The standard InChI is InChI=1S/C14H19N3O3/c1-16(2)12-4-3-11(9-15-12)13(18)17-7-5-10(6-8-17)14(19)20/h3-4,9-10H,5-8H2,1-2H3,(H,19,20). The van der Waals surface area contributed by atoms with Gasteiger partial charge in [0.1, 0.15) is 5.82 Å². The van der Waals surface area contributed by atoms with E-state index in [9.17, 15) is 9.59 Å². The molecule has 0 spiro atoms. The van der Waals surface area contributed by atoms with Crippen LogP contribution in [-0.4, -0.2) is 54.1 Å². The van der Waals surface area contributed by atoms with Gasteiger partial charge in [-0.2, -0.15) is 0 Å². The van der Waals surface area contributed by atoms with E-state index in [1.54, 1.807) is 23.2 Å². The Hall–Kier alpha value is -2.11. The number of piperidine rings is 1. The van der Waals surface area contributed by atoms with Gasteiger partial charge < -0.3 is 14.9 Å². The van der Waals surface area contributed by atoms with E-state index in [0.29, 0.717) is 31.5 Å². The molecule has 1 amide bonds. The van der Waals surface area contributed by atoms with Gasteiger partial charge in [0.15, 0.2) is 0 Å². The summed E-state index contributed by atoms with van der Waals surface area (Å²) in [5, 5.41) is 8.94. The smallest absolute Gasteiger partial charge is 0.306 e. The summed E-state index contributed by atoms with van der Waals surface area (Å²) in [5.74, 6) is -0.375. The molecule has 0 saturated carbocycles. The number of carboxylic acid groups (broad SMARTS) is 1. The molecule has 1 aliphatic heterocycles. The van der Waals surface area contributed by atoms with E-state index in [-0.39, 0.29) is 11.8 Å². The second-order valence-corrected chi connectivity index (χ2v) is 5.20. The van der Waals surface area contributed by atoms with E-state index in [4.69, 9.17) is 5.11 Å². The molecule has 0 aliphatic carbocycles. The SMILES string of the molecule is CN(C)c1ccc(C(=O)N2CCC(C(=O)O)CC2)cn1. The number of likely N-dealkylation sites (tertiary alicyclic amines) is 1. The van der Waals surface area contributed by atoms with Crippen molar-refractivity contribution in [2.24, 2.45) is 5.92 Å². The van der Waals surface area contributed by atoms with Crippen LogP contribution in [0.2, 0.25) is 0 Å². The van der Waals surface area contributed by atoms with Crippen molar-refractivity contribution in [2.45, 2.75) is 12.8 Å². The molecule has 6 heteroatoms.